The highest BCUT2D eigenvalue weighted by atomic mass is 16.5. The highest BCUT2D eigenvalue weighted by Gasteiger charge is 2.13. The molecule has 1 aromatic carbocycles. The topological polar surface area (TPSA) is 82.6 Å². The molecule has 0 atom stereocenters. The Morgan fingerprint density at radius 1 is 1.00 bits per heavy atom. The van der Waals surface area contributed by atoms with Gasteiger partial charge in [0.2, 0.25) is 0 Å². The molecule has 2 aliphatic heterocycles. The van der Waals surface area contributed by atoms with Gasteiger partial charge in [-0.25, -0.2) is 9.97 Å². The molecule has 8 heteroatoms. The van der Waals surface area contributed by atoms with Crippen molar-refractivity contribution in [1.29, 1.82) is 0 Å². The van der Waals surface area contributed by atoms with Crippen molar-refractivity contribution in [2.75, 3.05) is 62.7 Å². The first-order chi connectivity index (χ1) is 14.3. The molecule has 2 aliphatic rings. The molecular formula is C21H28N6O2. The van der Waals surface area contributed by atoms with E-state index in [0.29, 0.717) is 18.1 Å². The van der Waals surface area contributed by atoms with Crippen molar-refractivity contribution in [3.63, 3.8) is 0 Å². The molecule has 154 valence electrons. The lowest BCUT2D eigenvalue weighted by Gasteiger charge is -2.26. The Morgan fingerprint density at radius 3 is 2.45 bits per heavy atom. The van der Waals surface area contributed by atoms with E-state index in [0.717, 1.165) is 51.6 Å². The number of carbonyl (C=O) groups is 1. The third kappa shape index (κ3) is 5.42. The summed E-state index contributed by atoms with van der Waals surface area (Å²) in [6.45, 7) is 7.01. The van der Waals surface area contributed by atoms with Crippen LogP contribution in [0.3, 0.4) is 0 Å². The average molecular weight is 396 g/mol. The number of aromatic nitrogens is 2. The highest BCUT2D eigenvalue weighted by molar-refractivity contribution is 5.92. The molecule has 0 aliphatic carbocycles. The second kappa shape index (κ2) is 9.67. The van der Waals surface area contributed by atoms with E-state index in [1.54, 1.807) is 6.20 Å². The summed E-state index contributed by atoms with van der Waals surface area (Å²) in [7, 11) is 0. The van der Waals surface area contributed by atoms with Gasteiger partial charge in [0.15, 0.2) is 0 Å². The van der Waals surface area contributed by atoms with Gasteiger partial charge in [-0.15, -0.1) is 0 Å². The Balaban J connectivity index is 1.25. The van der Waals surface area contributed by atoms with Crippen molar-refractivity contribution in [1.82, 2.24) is 20.2 Å². The van der Waals surface area contributed by atoms with Crippen LogP contribution in [0.5, 0.6) is 0 Å². The fraction of sp³-hybridized carbons (Fsp3) is 0.476. The first kappa shape index (κ1) is 19.6. The predicted octanol–water partition coefficient (Wildman–Crippen LogP) is 1.88. The van der Waals surface area contributed by atoms with E-state index < -0.39 is 0 Å². The van der Waals surface area contributed by atoms with Crippen molar-refractivity contribution < 1.29 is 9.53 Å². The SMILES string of the molecule is O=C(NCCN1CCOCC1)c1cnc(Nc2ccc(N3CCCC3)cc2)cn1. The molecule has 2 aromatic rings. The number of hydrogen-bond donors (Lipinski definition) is 2. The van der Waals surface area contributed by atoms with Crippen molar-refractivity contribution in [2.24, 2.45) is 0 Å². The van der Waals surface area contributed by atoms with Gasteiger partial charge in [-0.05, 0) is 37.1 Å². The van der Waals surface area contributed by atoms with Crippen LogP contribution in [0.15, 0.2) is 36.7 Å². The number of anilines is 3. The van der Waals surface area contributed by atoms with Crippen LogP contribution in [-0.2, 0) is 4.74 Å². The number of carbonyl (C=O) groups excluding carboxylic acids is 1. The summed E-state index contributed by atoms with van der Waals surface area (Å²) in [5, 5.41) is 6.13. The highest BCUT2D eigenvalue weighted by Crippen LogP contribution is 2.23. The minimum Gasteiger partial charge on any atom is -0.379 e. The maximum absolute atomic E-state index is 12.2. The van der Waals surface area contributed by atoms with E-state index in [2.05, 4.69) is 42.5 Å². The van der Waals surface area contributed by atoms with Gasteiger partial charge in [-0.2, -0.15) is 0 Å². The van der Waals surface area contributed by atoms with E-state index in [-0.39, 0.29) is 5.91 Å². The normalized spacial score (nSPS) is 17.3. The maximum atomic E-state index is 12.2. The lowest BCUT2D eigenvalue weighted by atomic mass is 10.2. The van der Waals surface area contributed by atoms with Gasteiger partial charge in [-0.3, -0.25) is 9.69 Å². The zero-order valence-corrected chi connectivity index (χ0v) is 16.6. The quantitative estimate of drug-likeness (QED) is 0.739. The standard InChI is InChI=1S/C21H28N6O2/c28-21(22-7-10-26-11-13-29-14-12-26)19-15-24-20(16-23-19)25-17-3-5-18(6-4-17)27-8-1-2-9-27/h3-6,15-16H,1-2,7-14H2,(H,22,28)(H,24,25). The van der Waals surface area contributed by atoms with Crippen LogP contribution in [0.2, 0.25) is 0 Å². The fourth-order valence-corrected chi connectivity index (χ4v) is 3.63. The van der Waals surface area contributed by atoms with Crippen LogP contribution in [-0.4, -0.2) is 73.3 Å². The number of nitrogens with one attached hydrogen (secondary N) is 2. The van der Waals surface area contributed by atoms with E-state index >= 15 is 0 Å². The molecule has 0 saturated carbocycles. The number of amides is 1. The predicted molar refractivity (Wildman–Crippen MR) is 113 cm³/mol. The number of rotatable bonds is 7. The molecule has 2 fully saturated rings. The molecule has 1 aromatic heterocycles. The fourth-order valence-electron chi connectivity index (χ4n) is 3.63. The number of ether oxygens (including phenoxy) is 1. The van der Waals surface area contributed by atoms with Crippen LogP contribution in [0, 0.1) is 0 Å². The molecule has 0 spiro atoms. The third-order valence-corrected chi connectivity index (χ3v) is 5.31. The first-order valence-electron chi connectivity index (χ1n) is 10.3. The van der Waals surface area contributed by atoms with Crippen LogP contribution in [0.1, 0.15) is 23.3 Å². The summed E-state index contributed by atoms with van der Waals surface area (Å²) in [6, 6.07) is 8.33. The molecule has 3 heterocycles. The summed E-state index contributed by atoms with van der Waals surface area (Å²) in [5.41, 5.74) is 2.52. The lowest BCUT2D eigenvalue weighted by molar-refractivity contribution is 0.0383. The summed E-state index contributed by atoms with van der Waals surface area (Å²) >= 11 is 0. The summed E-state index contributed by atoms with van der Waals surface area (Å²) < 4.78 is 5.32. The minimum absolute atomic E-state index is 0.202. The maximum Gasteiger partial charge on any atom is 0.271 e. The van der Waals surface area contributed by atoms with Crippen molar-refractivity contribution in [2.45, 2.75) is 12.8 Å². The van der Waals surface area contributed by atoms with Crippen molar-refractivity contribution >= 4 is 23.1 Å². The number of benzene rings is 1. The van der Waals surface area contributed by atoms with Crippen LogP contribution in [0.25, 0.3) is 0 Å². The van der Waals surface area contributed by atoms with Crippen molar-refractivity contribution in [3.05, 3.63) is 42.4 Å². The smallest absolute Gasteiger partial charge is 0.271 e. The van der Waals surface area contributed by atoms with Crippen LogP contribution < -0.4 is 15.5 Å². The van der Waals surface area contributed by atoms with E-state index in [4.69, 9.17) is 4.74 Å². The molecule has 1 amide bonds. The Morgan fingerprint density at radius 2 is 1.76 bits per heavy atom. The molecule has 0 unspecified atom stereocenters. The average Bonchev–Trinajstić information content (AvgIpc) is 3.30. The monoisotopic (exact) mass is 396 g/mol. The van der Waals surface area contributed by atoms with Crippen molar-refractivity contribution in [3.8, 4) is 0 Å². The molecular weight excluding hydrogens is 368 g/mol. The Bertz CT molecular complexity index is 784. The lowest BCUT2D eigenvalue weighted by Crippen LogP contribution is -2.41. The van der Waals surface area contributed by atoms with Crippen LogP contribution in [0.4, 0.5) is 17.2 Å². The van der Waals surface area contributed by atoms with Gasteiger partial charge >= 0.3 is 0 Å². The van der Waals surface area contributed by atoms with E-state index in [9.17, 15) is 4.79 Å². The summed E-state index contributed by atoms with van der Waals surface area (Å²) in [5.74, 6) is 0.413. The zero-order valence-electron chi connectivity index (χ0n) is 16.6. The second-order valence-corrected chi connectivity index (χ2v) is 7.36. The van der Waals surface area contributed by atoms with Gasteiger partial charge in [0.1, 0.15) is 11.5 Å². The number of morpholine rings is 1. The molecule has 4 rings (SSSR count). The molecule has 8 nitrogen and oxygen atoms in total. The summed E-state index contributed by atoms with van der Waals surface area (Å²) in [4.78, 5) is 25.5. The largest absolute Gasteiger partial charge is 0.379 e. The Labute approximate surface area is 171 Å². The van der Waals surface area contributed by atoms with E-state index in [1.807, 2.05) is 12.1 Å². The van der Waals surface area contributed by atoms with Gasteiger partial charge in [0.05, 0.1) is 25.6 Å². The minimum atomic E-state index is -0.202. The van der Waals surface area contributed by atoms with E-state index in [1.165, 1.54) is 24.7 Å². The Kier molecular flexibility index (Phi) is 6.53. The third-order valence-electron chi connectivity index (χ3n) is 5.31. The second-order valence-electron chi connectivity index (χ2n) is 7.36. The van der Waals surface area contributed by atoms with Gasteiger partial charge in [0, 0.05) is 50.6 Å². The van der Waals surface area contributed by atoms with Gasteiger partial charge in [0.25, 0.3) is 5.91 Å². The summed E-state index contributed by atoms with van der Waals surface area (Å²) in [6.07, 6.45) is 5.63. The number of nitrogens with zero attached hydrogens (tertiary/aromatic N) is 4. The molecule has 2 saturated heterocycles. The number of hydrogen-bond acceptors (Lipinski definition) is 7. The van der Waals surface area contributed by atoms with Gasteiger partial charge < -0.3 is 20.3 Å². The molecule has 29 heavy (non-hydrogen) atoms. The zero-order chi connectivity index (χ0) is 19.9. The first-order valence-corrected chi connectivity index (χ1v) is 10.3. The molecule has 0 bridgehead atoms. The van der Waals surface area contributed by atoms with Crippen LogP contribution >= 0.6 is 0 Å². The Hall–Kier alpha value is -2.71. The van der Waals surface area contributed by atoms with Gasteiger partial charge in [-0.1, -0.05) is 0 Å². The molecule has 2 N–H and O–H groups in total. The molecule has 0 radical (unpaired) electrons.